The van der Waals surface area contributed by atoms with Crippen molar-refractivity contribution in [2.45, 2.75) is 11.8 Å². The number of likely N-dealkylation sites (N-methyl/N-ethyl adjacent to an activating group) is 1. The van der Waals surface area contributed by atoms with Gasteiger partial charge in [-0.15, -0.1) is 0 Å². The van der Waals surface area contributed by atoms with E-state index in [1.165, 1.54) is 25.2 Å². The molecule has 106 valence electrons. The van der Waals surface area contributed by atoms with Crippen LogP contribution in [0.1, 0.15) is 6.92 Å². The van der Waals surface area contributed by atoms with Crippen molar-refractivity contribution in [1.29, 1.82) is 0 Å². The second-order valence-corrected chi connectivity index (χ2v) is 6.20. The van der Waals surface area contributed by atoms with Crippen molar-refractivity contribution < 1.29 is 17.9 Å². The normalized spacial score (nSPS) is 11.6. The van der Waals surface area contributed by atoms with Crippen LogP contribution in [-0.4, -0.2) is 38.9 Å². The summed E-state index contributed by atoms with van der Waals surface area (Å²) < 4.78 is 29.9. The second kappa shape index (κ2) is 6.23. The summed E-state index contributed by atoms with van der Waals surface area (Å²) in [4.78, 5) is 11.3. The van der Waals surface area contributed by atoms with E-state index in [1.807, 2.05) is 0 Å². The van der Waals surface area contributed by atoms with E-state index in [-0.39, 0.29) is 28.8 Å². The molecule has 8 heteroatoms. The van der Waals surface area contributed by atoms with E-state index in [2.05, 4.69) is 0 Å². The minimum atomic E-state index is -3.80. The SMILES string of the molecule is CCOC(=O)CN(C)S(=O)(=O)c1ccc(Cl)c(N)c1. The number of hydrogen-bond donors (Lipinski definition) is 1. The average molecular weight is 307 g/mol. The maximum atomic E-state index is 12.2. The molecule has 1 aromatic rings. The van der Waals surface area contributed by atoms with E-state index >= 15 is 0 Å². The number of nitrogens with zero attached hydrogens (tertiary/aromatic N) is 1. The molecule has 2 N–H and O–H groups in total. The minimum Gasteiger partial charge on any atom is -0.465 e. The molecule has 1 rings (SSSR count). The van der Waals surface area contributed by atoms with Crippen molar-refractivity contribution in [3.63, 3.8) is 0 Å². The van der Waals surface area contributed by atoms with E-state index in [1.54, 1.807) is 6.92 Å². The average Bonchev–Trinajstić information content (AvgIpc) is 2.32. The van der Waals surface area contributed by atoms with Crippen LogP contribution in [0.3, 0.4) is 0 Å². The van der Waals surface area contributed by atoms with Crippen molar-refractivity contribution >= 4 is 33.3 Å². The summed E-state index contributed by atoms with van der Waals surface area (Å²) in [5.41, 5.74) is 5.72. The van der Waals surface area contributed by atoms with Crippen LogP contribution in [0.15, 0.2) is 23.1 Å². The van der Waals surface area contributed by atoms with Gasteiger partial charge in [0.05, 0.1) is 22.2 Å². The maximum Gasteiger partial charge on any atom is 0.321 e. The summed E-state index contributed by atoms with van der Waals surface area (Å²) in [7, 11) is -2.51. The number of rotatable bonds is 5. The topological polar surface area (TPSA) is 89.7 Å². The van der Waals surface area contributed by atoms with Crippen molar-refractivity contribution in [1.82, 2.24) is 4.31 Å². The van der Waals surface area contributed by atoms with Gasteiger partial charge in [0.15, 0.2) is 0 Å². The van der Waals surface area contributed by atoms with Gasteiger partial charge in [0.25, 0.3) is 0 Å². The maximum absolute atomic E-state index is 12.2. The third-order valence-electron chi connectivity index (χ3n) is 2.33. The van der Waals surface area contributed by atoms with E-state index in [0.29, 0.717) is 0 Å². The number of nitrogens with two attached hydrogens (primary N) is 1. The predicted molar refractivity (Wildman–Crippen MR) is 72.3 cm³/mol. The Morgan fingerprint density at radius 3 is 2.63 bits per heavy atom. The van der Waals surface area contributed by atoms with Crippen molar-refractivity contribution in [2.75, 3.05) is 25.9 Å². The molecule has 0 heterocycles. The lowest BCUT2D eigenvalue weighted by Crippen LogP contribution is -2.33. The molecule has 0 atom stereocenters. The van der Waals surface area contributed by atoms with Crippen LogP contribution >= 0.6 is 11.6 Å². The van der Waals surface area contributed by atoms with Gasteiger partial charge in [-0.3, -0.25) is 4.79 Å². The third kappa shape index (κ3) is 3.82. The zero-order valence-corrected chi connectivity index (χ0v) is 12.2. The van der Waals surface area contributed by atoms with Gasteiger partial charge in [-0.25, -0.2) is 8.42 Å². The summed E-state index contributed by atoms with van der Waals surface area (Å²) in [6.07, 6.45) is 0. The Balaban J connectivity index is 2.96. The first-order chi connectivity index (χ1) is 8.78. The smallest absolute Gasteiger partial charge is 0.321 e. The van der Waals surface area contributed by atoms with Crippen LogP contribution in [0.4, 0.5) is 5.69 Å². The Hall–Kier alpha value is -1.31. The number of sulfonamides is 1. The number of hydrogen-bond acceptors (Lipinski definition) is 5. The fourth-order valence-corrected chi connectivity index (χ4v) is 2.60. The molecule has 0 unspecified atom stereocenters. The van der Waals surface area contributed by atoms with Gasteiger partial charge >= 0.3 is 5.97 Å². The fourth-order valence-electron chi connectivity index (χ4n) is 1.34. The molecule has 0 saturated heterocycles. The summed E-state index contributed by atoms with van der Waals surface area (Å²) in [6.45, 7) is 1.48. The number of halogens is 1. The van der Waals surface area contributed by atoms with Crippen LogP contribution < -0.4 is 5.73 Å². The van der Waals surface area contributed by atoms with Crippen LogP contribution in [0.2, 0.25) is 5.02 Å². The van der Waals surface area contributed by atoms with Crippen LogP contribution in [0, 0.1) is 0 Å². The summed E-state index contributed by atoms with van der Waals surface area (Å²) in [5, 5.41) is 0.270. The number of benzene rings is 1. The molecule has 0 fully saturated rings. The molecule has 0 radical (unpaired) electrons. The number of nitrogen functional groups attached to an aromatic ring is 1. The Morgan fingerprint density at radius 1 is 1.47 bits per heavy atom. The van der Waals surface area contributed by atoms with Gasteiger partial charge in [0, 0.05) is 7.05 Å². The van der Waals surface area contributed by atoms with Gasteiger partial charge in [-0.1, -0.05) is 11.6 Å². The van der Waals surface area contributed by atoms with Gasteiger partial charge in [0.2, 0.25) is 10.0 Å². The number of carbonyl (C=O) groups excluding carboxylic acids is 1. The van der Waals surface area contributed by atoms with Crippen LogP contribution in [0.25, 0.3) is 0 Å². The van der Waals surface area contributed by atoms with Crippen molar-refractivity contribution in [3.8, 4) is 0 Å². The summed E-state index contributed by atoms with van der Waals surface area (Å²) in [6, 6.07) is 3.97. The van der Waals surface area contributed by atoms with Crippen molar-refractivity contribution in [2.24, 2.45) is 0 Å². The van der Waals surface area contributed by atoms with E-state index in [4.69, 9.17) is 22.1 Å². The highest BCUT2D eigenvalue weighted by Gasteiger charge is 2.23. The van der Waals surface area contributed by atoms with Crippen LogP contribution in [-0.2, 0) is 19.6 Å². The van der Waals surface area contributed by atoms with Gasteiger partial charge in [0.1, 0.15) is 6.54 Å². The number of anilines is 1. The van der Waals surface area contributed by atoms with Crippen molar-refractivity contribution in [3.05, 3.63) is 23.2 Å². The molecule has 0 aliphatic carbocycles. The monoisotopic (exact) mass is 306 g/mol. The predicted octanol–water partition coefficient (Wildman–Crippen LogP) is 1.11. The van der Waals surface area contributed by atoms with E-state index < -0.39 is 16.0 Å². The molecule has 0 amide bonds. The van der Waals surface area contributed by atoms with E-state index in [9.17, 15) is 13.2 Å². The molecular formula is C11H15ClN2O4S. The summed E-state index contributed by atoms with van der Waals surface area (Å²) in [5.74, 6) is -0.615. The van der Waals surface area contributed by atoms with Crippen LogP contribution in [0.5, 0.6) is 0 Å². The minimum absolute atomic E-state index is 0.0267. The second-order valence-electron chi connectivity index (χ2n) is 3.75. The molecule has 0 saturated carbocycles. The Kier molecular flexibility index (Phi) is 5.16. The largest absolute Gasteiger partial charge is 0.465 e. The third-order valence-corrected chi connectivity index (χ3v) is 4.48. The first kappa shape index (κ1) is 15.7. The lowest BCUT2D eigenvalue weighted by molar-refractivity contribution is -0.143. The molecule has 0 aromatic heterocycles. The molecule has 1 aromatic carbocycles. The molecule has 0 bridgehead atoms. The zero-order chi connectivity index (χ0) is 14.6. The van der Waals surface area contributed by atoms with Gasteiger partial charge < -0.3 is 10.5 Å². The fraction of sp³-hybridized carbons (Fsp3) is 0.364. The van der Waals surface area contributed by atoms with E-state index in [0.717, 1.165) is 4.31 Å². The first-order valence-electron chi connectivity index (χ1n) is 5.46. The first-order valence-corrected chi connectivity index (χ1v) is 7.27. The molecule has 6 nitrogen and oxygen atoms in total. The standard InChI is InChI=1S/C11H15ClN2O4S/c1-3-18-11(15)7-14(2)19(16,17)8-4-5-9(12)10(13)6-8/h4-6H,3,7,13H2,1-2H3. The highest BCUT2D eigenvalue weighted by atomic mass is 35.5. The number of carbonyl (C=O) groups is 1. The number of esters is 1. The summed E-state index contributed by atoms with van der Waals surface area (Å²) >= 11 is 5.73. The zero-order valence-electron chi connectivity index (χ0n) is 10.6. The molecular weight excluding hydrogens is 292 g/mol. The Bertz CT molecular complexity index is 574. The quantitative estimate of drug-likeness (QED) is 0.650. The molecule has 0 aliphatic heterocycles. The lowest BCUT2D eigenvalue weighted by Gasteiger charge is -2.16. The van der Waals surface area contributed by atoms with Gasteiger partial charge in [-0.2, -0.15) is 4.31 Å². The highest BCUT2D eigenvalue weighted by molar-refractivity contribution is 7.89. The lowest BCUT2D eigenvalue weighted by atomic mass is 10.3. The highest BCUT2D eigenvalue weighted by Crippen LogP contribution is 2.23. The number of ether oxygens (including phenoxy) is 1. The molecule has 19 heavy (non-hydrogen) atoms. The van der Waals surface area contributed by atoms with Gasteiger partial charge in [-0.05, 0) is 25.1 Å². The molecule has 0 aliphatic rings. The molecule has 0 spiro atoms. The Labute approximate surface area is 117 Å². The Morgan fingerprint density at radius 2 is 2.11 bits per heavy atom.